The van der Waals surface area contributed by atoms with E-state index in [4.69, 9.17) is 0 Å². The molecular formula is C25H28N5O3+. The number of nitroso groups, excluding NO2 is 1. The fourth-order valence-corrected chi connectivity index (χ4v) is 4.41. The van der Waals surface area contributed by atoms with Gasteiger partial charge in [0.05, 0.1) is 21.8 Å². The average Bonchev–Trinajstić information content (AvgIpc) is 3.20. The van der Waals surface area contributed by atoms with Crippen molar-refractivity contribution in [2.45, 2.75) is 32.6 Å². The summed E-state index contributed by atoms with van der Waals surface area (Å²) in [5.41, 5.74) is 3.65. The number of rotatable bonds is 8. The van der Waals surface area contributed by atoms with Crippen LogP contribution < -0.4 is 9.88 Å². The van der Waals surface area contributed by atoms with Crippen LogP contribution >= 0.6 is 0 Å². The van der Waals surface area contributed by atoms with E-state index in [0.29, 0.717) is 18.5 Å². The number of carbonyl (C=O) groups is 2. The second-order valence-electron chi connectivity index (χ2n) is 8.42. The van der Waals surface area contributed by atoms with E-state index >= 15 is 0 Å². The largest absolute Gasteiger partial charge is 0.354 e. The molecule has 0 aliphatic carbocycles. The number of amides is 2. The van der Waals surface area contributed by atoms with Crippen LogP contribution in [0.2, 0.25) is 0 Å². The van der Waals surface area contributed by atoms with Crippen molar-refractivity contribution in [3.05, 3.63) is 58.8 Å². The van der Waals surface area contributed by atoms with Crippen molar-refractivity contribution in [1.29, 1.82) is 0 Å². The van der Waals surface area contributed by atoms with E-state index in [1.807, 2.05) is 42.1 Å². The number of nitrogens with one attached hydrogen (secondary N) is 2. The number of aromatic nitrogens is 2. The maximum absolute atomic E-state index is 13.4. The van der Waals surface area contributed by atoms with Gasteiger partial charge in [0, 0.05) is 47.8 Å². The molecule has 0 saturated heterocycles. The van der Waals surface area contributed by atoms with Gasteiger partial charge in [-0.3, -0.25) is 9.59 Å². The molecule has 2 aromatic heterocycles. The van der Waals surface area contributed by atoms with Gasteiger partial charge in [-0.25, -0.2) is 9.58 Å². The summed E-state index contributed by atoms with van der Waals surface area (Å²) in [6.45, 7) is 2.61. The zero-order valence-corrected chi connectivity index (χ0v) is 19.1. The lowest BCUT2D eigenvalue weighted by molar-refractivity contribution is -0.670. The fraction of sp³-hybridized carbons (Fsp3) is 0.320. The van der Waals surface area contributed by atoms with Crippen molar-refractivity contribution >= 4 is 44.4 Å². The van der Waals surface area contributed by atoms with E-state index in [2.05, 4.69) is 34.8 Å². The molecule has 0 aliphatic rings. The molecule has 0 fully saturated rings. The lowest BCUT2D eigenvalue weighted by atomic mass is 9.95. The predicted octanol–water partition coefficient (Wildman–Crippen LogP) is 4.04. The molecular weight excluding hydrogens is 418 g/mol. The fourth-order valence-electron chi connectivity index (χ4n) is 4.41. The topological polar surface area (TPSA) is 98.5 Å². The minimum absolute atomic E-state index is 0.119. The Labute approximate surface area is 191 Å². The Hall–Kier alpha value is -3.81. The molecule has 2 heterocycles. The van der Waals surface area contributed by atoms with Crippen LogP contribution in [0.4, 0.5) is 0 Å². The van der Waals surface area contributed by atoms with Crippen LogP contribution in [0.5, 0.6) is 0 Å². The first-order chi connectivity index (χ1) is 15.9. The van der Waals surface area contributed by atoms with Crippen LogP contribution in [-0.4, -0.2) is 35.4 Å². The number of carbonyl (C=O) groups excluding carboxylic acids is 2. The maximum atomic E-state index is 13.4. The Bertz CT molecular complexity index is 1380. The molecule has 4 aromatic rings. The molecule has 0 aliphatic heterocycles. The van der Waals surface area contributed by atoms with E-state index < -0.39 is 0 Å². The molecule has 2 amide bonds. The molecule has 2 N–H and O–H groups in total. The molecule has 170 valence electrons. The van der Waals surface area contributed by atoms with Gasteiger partial charge in [0.25, 0.3) is 5.91 Å². The highest BCUT2D eigenvalue weighted by atomic mass is 16.3. The number of nitrogens with zero attached hydrogens (tertiary/aromatic N) is 3. The number of unbranched alkanes of at least 4 members (excludes halogenated alkanes) is 2. The van der Waals surface area contributed by atoms with Gasteiger partial charge in [0.15, 0.2) is 12.4 Å². The van der Waals surface area contributed by atoms with Gasteiger partial charge in [-0.05, 0) is 31.4 Å². The van der Waals surface area contributed by atoms with Gasteiger partial charge in [-0.2, -0.15) is 0 Å². The third-order valence-corrected chi connectivity index (χ3v) is 6.17. The van der Waals surface area contributed by atoms with Gasteiger partial charge in [0.2, 0.25) is 5.91 Å². The van der Waals surface area contributed by atoms with E-state index in [0.717, 1.165) is 56.0 Å². The third kappa shape index (κ3) is 4.28. The first-order valence-corrected chi connectivity index (χ1v) is 11.1. The molecule has 4 rings (SSSR count). The lowest BCUT2D eigenvalue weighted by Crippen LogP contribution is -2.28. The maximum Gasteiger partial charge on any atom is 0.254 e. The van der Waals surface area contributed by atoms with E-state index in [-0.39, 0.29) is 18.2 Å². The van der Waals surface area contributed by atoms with Gasteiger partial charge >= 0.3 is 0 Å². The number of pyridine rings is 1. The van der Waals surface area contributed by atoms with E-state index in [1.165, 1.54) is 7.05 Å². The highest BCUT2D eigenvalue weighted by molar-refractivity contribution is 6.24. The molecule has 0 unspecified atom stereocenters. The number of hydrogen-bond donors (Lipinski definition) is 2. The van der Waals surface area contributed by atoms with Crippen LogP contribution in [0, 0.1) is 11.8 Å². The minimum atomic E-state index is -0.297. The number of benzene rings is 2. The molecule has 33 heavy (non-hydrogen) atoms. The number of aryl methyl sites for hydroxylation is 2. The number of hydrogen-bond acceptors (Lipinski definition) is 4. The van der Waals surface area contributed by atoms with Crippen molar-refractivity contribution in [3.63, 3.8) is 0 Å². The number of fused-ring (bicyclic) bond motifs is 4. The summed E-state index contributed by atoms with van der Waals surface area (Å²) in [6, 6.07) is 10.1. The van der Waals surface area contributed by atoms with Crippen molar-refractivity contribution in [2.75, 3.05) is 13.6 Å². The average molecular weight is 447 g/mol. The lowest BCUT2D eigenvalue weighted by Gasteiger charge is -2.12. The Morgan fingerprint density at radius 3 is 2.67 bits per heavy atom. The monoisotopic (exact) mass is 446 g/mol. The van der Waals surface area contributed by atoms with Gasteiger partial charge in [-0.1, -0.05) is 24.6 Å². The highest BCUT2D eigenvalue weighted by Gasteiger charge is 2.22. The molecule has 8 nitrogen and oxygen atoms in total. The molecule has 0 radical (unpaired) electrons. The van der Waals surface area contributed by atoms with Crippen LogP contribution in [0.1, 0.15) is 41.6 Å². The summed E-state index contributed by atoms with van der Waals surface area (Å²) in [6.07, 6.45) is 6.44. The zero-order chi connectivity index (χ0) is 23.5. The summed E-state index contributed by atoms with van der Waals surface area (Å²) in [4.78, 5) is 38.8. The number of aromatic amines is 1. The van der Waals surface area contributed by atoms with Crippen molar-refractivity contribution in [2.24, 2.45) is 12.3 Å². The van der Waals surface area contributed by atoms with Gasteiger partial charge in [0.1, 0.15) is 7.05 Å². The smallest absolute Gasteiger partial charge is 0.254 e. The molecule has 0 bridgehead atoms. The van der Waals surface area contributed by atoms with Crippen molar-refractivity contribution in [1.82, 2.24) is 15.3 Å². The summed E-state index contributed by atoms with van der Waals surface area (Å²) in [5, 5.41) is 10.6. The summed E-state index contributed by atoms with van der Waals surface area (Å²) in [7, 11) is 3.33. The summed E-state index contributed by atoms with van der Waals surface area (Å²) < 4.78 is 2.00. The number of para-hydroxylation sites is 1. The quantitative estimate of drug-likeness (QED) is 0.185. The minimum Gasteiger partial charge on any atom is -0.354 e. The highest BCUT2D eigenvalue weighted by Crippen LogP contribution is 2.36. The van der Waals surface area contributed by atoms with Crippen LogP contribution in [0.15, 0.2) is 48.0 Å². The van der Waals surface area contributed by atoms with Gasteiger partial charge in [-0.15, -0.1) is 4.91 Å². The third-order valence-electron chi connectivity index (χ3n) is 6.17. The first kappa shape index (κ1) is 22.4. The van der Waals surface area contributed by atoms with Crippen LogP contribution in [-0.2, 0) is 11.8 Å². The zero-order valence-electron chi connectivity index (χ0n) is 19.1. The van der Waals surface area contributed by atoms with Crippen LogP contribution in [0.3, 0.4) is 0 Å². The standard InChI is InChI=1S/C25H27N5O3/c1-16-19-15-29(2)14-12-17(19)23(24-22(16)18-9-6-7-10-20(18)27-24)25(32)26-13-8-4-5-11-21(31)30(3)28-33/h6-7,9-10,12,14-15H,4-5,8,11,13H2,1-3H3,(H,26,32)/p+1. The van der Waals surface area contributed by atoms with Gasteiger partial charge < -0.3 is 10.3 Å². The normalized spacial score (nSPS) is 11.2. The Morgan fingerprint density at radius 1 is 1.09 bits per heavy atom. The Morgan fingerprint density at radius 2 is 1.88 bits per heavy atom. The predicted molar refractivity (Wildman–Crippen MR) is 129 cm³/mol. The van der Waals surface area contributed by atoms with E-state index in [9.17, 15) is 14.5 Å². The molecule has 0 atom stereocenters. The van der Waals surface area contributed by atoms with Crippen LogP contribution in [0.25, 0.3) is 32.6 Å². The second-order valence-corrected chi connectivity index (χ2v) is 8.42. The SMILES string of the molecule is Cc1c2c[n+](C)ccc2c(C(=O)NCCCCCC(=O)N(C)N=O)c2[nH]c3ccccc3c12. The summed E-state index contributed by atoms with van der Waals surface area (Å²) >= 11 is 0. The van der Waals surface area contributed by atoms with Crippen molar-refractivity contribution < 1.29 is 14.2 Å². The molecule has 0 spiro atoms. The molecule has 8 heteroatoms. The second kappa shape index (κ2) is 9.36. The summed E-state index contributed by atoms with van der Waals surface area (Å²) in [5.74, 6) is -0.416. The van der Waals surface area contributed by atoms with E-state index in [1.54, 1.807) is 0 Å². The number of H-pyrrole nitrogens is 1. The Balaban J connectivity index is 1.58. The Kier molecular flexibility index (Phi) is 6.35. The molecule has 2 aromatic carbocycles. The first-order valence-electron chi connectivity index (χ1n) is 11.1. The van der Waals surface area contributed by atoms with Crippen molar-refractivity contribution in [3.8, 4) is 0 Å². The molecule has 0 saturated carbocycles.